The number of halogens is 2. The van der Waals surface area contributed by atoms with Crippen LogP contribution in [0.1, 0.15) is 5.56 Å². The average Bonchev–Trinajstić information content (AvgIpc) is 2.92. The summed E-state index contributed by atoms with van der Waals surface area (Å²) in [5.74, 6) is 0.114. The Balaban J connectivity index is 1.90. The van der Waals surface area contributed by atoms with Crippen LogP contribution in [0.15, 0.2) is 46.9 Å². The molecule has 5 nitrogen and oxygen atoms in total. The van der Waals surface area contributed by atoms with Gasteiger partial charge in [0.25, 0.3) is 0 Å². The van der Waals surface area contributed by atoms with Crippen LogP contribution in [0, 0.1) is 5.82 Å². The van der Waals surface area contributed by atoms with Gasteiger partial charge >= 0.3 is 0 Å². The fourth-order valence-corrected chi connectivity index (χ4v) is 2.28. The van der Waals surface area contributed by atoms with Crippen molar-refractivity contribution in [3.8, 4) is 11.4 Å². The minimum Gasteiger partial charge on any atom is -0.398 e. The fourth-order valence-electron chi connectivity index (χ4n) is 1.92. The van der Waals surface area contributed by atoms with Crippen molar-refractivity contribution >= 4 is 21.6 Å². The molecule has 21 heavy (non-hydrogen) atoms. The Morgan fingerprint density at radius 3 is 2.81 bits per heavy atom. The first-order valence-corrected chi connectivity index (χ1v) is 6.99. The van der Waals surface area contributed by atoms with Crippen LogP contribution < -0.4 is 5.73 Å². The lowest BCUT2D eigenvalue weighted by atomic mass is 10.2. The molecule has 1 heterocycles. The van der Waals surface area contributed by atoms with E-state index in [9.17, 15) is 4.39 Å². The first-order chi connectivity index (χ1) is 10.1. The second-order valence-corrected chi connectivity index (χ2v) is 5.38. The molecule has 0 spiro atoms. The lowest BCUT2D eigenvalue weighted by Gasteiger charge is -2.02. The minimum atomic E-state index is -0.293. The van der Waals surface area contributed by atoms with Crippen LogP contribution in [-0.2, 0) is 6.54 Å². The highest BCUT2D eigenvalue weighted by Crippen LogP contribution is 2.25. The van der Waals surface area contributed by atoms with Crippen molar-refractivity contribution in [2.45, 2.75) is 6.54 Å². The van der Waals surface area contributed by atoms with Gasteiger partial charge in [0, 0.05) is 21.3 Å². The van der Waals surface area contributed by atoms with Gasteiger partial charge in [0.2, 0.25) is 5.82 Å². The summed E-state index contributed by atoms with van der Waals surface area (Å²) in [4.78, 5) is 1.34. The fraction of sp³-hybridized carbons (Fsp3) is 0.0714. The molecule has 106 valence electrons. The smallest absolute Gasteiger partial charge is 0.207 e. The quantitative estimate of drug-likeness (QED) is 0.739. The van der Waals surface area contributed by atoms with Gasteiger partial charge in [0.05, 0.1) is 6.54 Å². The number of aromatic nitrogens is 4. The van der Waals surface area contributed by atoms with E-state index in [-0.39, 0.29) is 12.4 Å². The van der Waals surface area contributed by atoms with Crippen molar-refractivity contribution in [3.05, 3.63) is 58.3 Å². The zero-order chi connectivity index (χ0) is 14.8. The molecule has 0 saturated heterocycles. The number of hydrogen-bond acceptors (Lipinski definition) is 4. The highest BCUT2D eigenvalue weighted by molar-refractivity contribution is 9.10. The lowest BCUT2D eigenvalue weighted by Crippen LogP contribution is -2.05. The van der Waals surface area contributed by atoms with Crippen molar-refractivity contribution in [2.24, 2.45) is 0 Å². The highest BCUT2D eigenvalue weighted by Gasteiger charge is 2.11. The number of hydrogen-bond donors (Lipinski definition) is 1. The van der Waals surface area contributed by atoms with Gasteiger partial charge in [-0.2, -0.15) is 4.80 Å². The summed E-state index contributed by atoms with van der Waals surface area (Å²) in [5, 5.41) is 12.2. The lowest BCUT2D eigenvalue weighted by molar-refractivity contribution is 0.539. The number of anilines is 1. The molecule has 0 unspecified atom stereocenters. The van der Waals surface area contributed by atoms with E-state index in [1.165, 1.54) is 10.9 Å². The normalized spacial score (nSPS) is 10.8. The molecule has 3 rings (SSSR count). The monoisotopic (exact) mass is 347 g/mol. The van der Waals surface area contributed by atoms with Gasteiger partial charge in [-0.05, 0) is 29.5 Å². The SMILES string of the molecule is Nc1ccc(Br)cc1-c1nnn(Cc2ccccc2F)n1. The molecule has 0 radical (unpaired) electrons. The molecule has 1 aromatic heterocycles. The number of benzene rings is 2. The number of nitrogens with zero attached hydrogens (tertiary/aromatic N) is 4. The van der Waals surface area contributed by atoms with Gasteiger partial charge in [0.1, 0.15) is 5.82 Å². The molecular formula is C14H11BrFN5. The van der Waals surface area contributed by atoms with E-state index in [1.54, 1.807) is 24.3 Å². The number of nitrogen functional groups attached to an aromatic ring is 1. The summed E-state index contributed by atoms with van der Waals surface area (Å²) in [6, 6.07) is 11.9. The maximum atomic E-state index is 13.6. The Morgan fingerprint density at radius 1 is 1.19 bits per heavy atom. The third kappa shape index (κ3) is 2.92. The van der Waals surface area contributed by atoms with Gasteiger partial charge in [0.15, 0.2) is 0 Å². The number of tetrazole rings is 1. The first kappa shape index (κ1) is 13.7. The van der Waals surface area contributed by atoms with E-state index in [0.717, 1.165) is 4.47 Å². The van der Waals surface area contributed by atoms with E-state index in [0.29, 0.717) is 22.6 Å². The molecule has 0 saturated carbocycles. The summed E-state index contributed by atoms with van der Waals surface area (Å²) < 4.78 is 14.5. The molecule has 2 aromatic carbocycles. The van der Waals surface area contributed by atoms with E-state index < -0.39 is 0 Å². The molecule has 0 bridgehead atoms. The standard InChI is InChI=1S/C14H11BrFN5/c15-10-5-6-13(17)11(7-10)14-18-20-21(19-14)8-9-3-1-2-4-12(9)16/h1-7H,8,17H2. The Hall–Kier alpha value is -2.28. The Labute approximate surface area is 128 Å². The molecular weight excluding hydrogens is 337 g/mol. The minimum absolute atomic E-state index is 0.216. The van der Waals surface area contributed by atoms with Crippen molar-refractivity contribution < 1.29 is 4.39 Å². The molecule has 0 aliphatic rings. The molecule has 0 amide bonds. The van der Waals surface area contributed by atoms with Crippen LogP contribution in [0.3, 0.4) is 0 Å². The van der Waals surface area contributed by atoms with E-state index in [4.69, 9.17) is 5.73 Å². The van der Waals surface area contributed by atoms with Crippen LogP contribution in [0.5, 0.6) is 0 Å². The maximum Gasteiger partial charge on any atom is 0.207 e. The Morgan fingerprint density at radius 2 is 2.00 bits per heavy atom. The van der Waals surface area contributed by atoms with E-state index >= 15 is 0 Å². The van der Waals surface area contributed by atoms with Crippen molar-refractivity contribution in [1.29, 1.82) is 0 Å². The summed E-state index contributed by atoms with van der Waals surface area (Å²) in [5.41, 5.74) is 7.66. The van der Waals surface area contributed by atoms with Gasteiger partial charge in [-0.25, -0.2) is 4.39 Å². The van der Waals surface area contributed by atoms with Crippen molar-refractivity contribution in [1.82, 2.24) is 20.2 Å². The third-order valence-electron chi connectivity index (χ3n) is 2.98. The van der Waals surface area contributed by atoms with Crippen molar-refractivity contribution in [2.75, 3.05) is 5.73 Å². The topological polar surface area (TPSA) is 69.6 Å². The van der Waals surface area contributed by atoms with Crippen LogP contribution in [-0.4, -0.2) is 20.2 Å². The third-order valence-corrected chi connectivity index (χ3v) is 3.47. The largest absolute Gasteiger partial charge is 0.398 e. The molecule has 0 aliphatic carbocycles. The molecule has 0 fully saturated rings. The average molecular weight is 348 g/mol. The number of rotatable bonds is 3. The highest BCUT2D eigenvalue weighted by atomic mass is 79.9. The zero-order valence-corrected chi connectivity index (χ0v) is 12.5. The molecule has 0 aliphatic heterocycles. The Bertz CT molecular complexity index is 787. The van der Waals surface area contributed by atoms with E-state index in [1.807, 2.05) is 12.1 Å². The van der Waals surface area contributed by atoms with Gasteiger partial charge in [-0.3, -0.25) is 0 Å². The predicted octanol–water partition coefficient (Wildman–Crippen LogP) is 2.87. The first-order valence-electron chi connectivity index (χ1n) is 6.20. The van der Waals surface area contributed by atoms with E-state index in [2.05, 4.69) is 31.3 Å². The summed E-state index contributed by atoms with van der Waals surface area (Å²) in [6.07, 6.45) is 0. The van der Waals surface area contributed by atoms with Crippen LogP contribution >= 0.6 is 15.9 Å². The van der Waals surface area contributed by atoms with Gasteiger partial charge in [-0.15, -0.1) is 10.2 Å². The van der Waals surface area contributed by atoms with Crippen LogP contribution in [0.2, 0.25) is 0 Å². The summed E-state index contributed by atoms with van der Waals surface area (Å²) in [7, 11) is 0. The second-order valence-electron chi connectivity index (χ2n) is 4.47. The van der Waals surface area contributed by atoms with Crippen LogP contribution in [0.4, 0.5) is 10.1 Å². The van der Waals surface area contributed by atoms with Crippen LogP contribution in [0.25, 0.3) is 11.4 Å². The Kier molecular flexibility index (Phi) is 3.66. The molecule has 3 aromatic rings. The molecule has 0 atom stereocenters. The predicted molar refractivity (Wildman–Crippen MR) is 80.9 cm³/mol. The second kappa shape index (κ2) is 5.61. The maximum absolute atomic E-state index is 13.6. The molecule has 7 heteroatoms. The zero-order valence-electron chi connectivity index (χ0n) is 10.9. The van der Waals surface area contributed by atoms with Gasteiger partial charge < -0.3 is 5.73 Å². The summed E-state index contributed by atoms with van der Waals surface area (Å²) >= 11 is 3.38. The van der Waals surface area contributed by atoms with Crippen molar-refractivity contribution in [3.63, 3.8) is 0 Å². The molecule has 2 N–H and O–H groups in total. The number of nitrogens with two attached hydrogens (primary N) is 1. The van der Waals surface area contributed by atoms with Gasteiger partial charge in [-0.1, -0.05) is 34.1 Å². The summed E-state index contributed by atoms with van der Waals surface area (Å²) in [6.45, 7) is 0.216.